The summed E-state index contributed by atoms with van der Waals surface area (Å²) in [6, 6.07) is 0. The summed E-state index contributed by atoms with van der Waals surface area (Å²) in [5, 5.41) is 11.6. The number of amides is 1. The van der Waals surface area contributed by atoms with Gasteiger partial charge in [-0.15, -0.1) is 0 Å². The lowest BCUT2D eigenvalue weighted by Gasteiger charge is -2.19. The number of carbonyl (C=O) groups is 1. The lowest BCUT2D eigenvalue weighted by Crippen LogP contribution is -2.33. The summed E-state index contributed by atoms with van der Waals surface area (Å²) < 4.78 is 10.1. The Morgan fingerprint density at radius 2 is 2.06 bits per heavy atom. The van der Waals surface area contributed by atoms with Crippen LogP contribution in [0.5, 0.6) is 0 Å². The molecule has 0 heterocycles. The molecular formula is C11H23NO4S. The molecule has 0 saturated carbocycles. The van der Waals surface area contributed by atoms with E-state index in [0.717, 1.165) is 0 Å². The molecule has 0 aromatic rings. The number of alkyl carbamates (subject to hydrolysis) is 1. The van der Waals surface area contributed by atoms with Crippen molar-refractivity contribution < 1.29 is 19.4 Å². The van der Waals surface area contributed by atoms with Gasteiger partial charge in [-0.05, 0) is 34.1 Å². The minimum atomic E-state index is -0.875. The maximum Gasteiger partial charge on any atom is 0.407 e. The van der Waals surface area contributed by atoms with Crippen LogP contribution in [-0.2, 0) is 9.47 Å². The van der Waals surface area contributed by atoms with Gasteiger partial charge < -0.3 is 19.9 Å². The first kappa shape index (κ1) is 16.5. The first-order valence-electron chi connectivity index (χ1n) is 5.67. The van der Waals surface area contributed by atoms with Crippen LogP contribution in [0, 0.1) is 0 Å². The molecule has 6 heteroatoms. The number of nitrogens with one attached hydrogen (secondary N) is 1. The second-order valence-electron chi connectivity index (χ2n) is 4.78. The number of rotatable bonds is 6. The van der Waals surface area contributed by atoms with Crippen molar-refractivity contribution in [1.29, 1.82) is 0 Å². The van der Waals surface area contributed by atoms with Gasteiger partial charge in [-0.2, -0.15) is 12.6 Å². The summed E-state index contributed by atoms with van der Waals surface area (Å²) in [5.74, 6) is 0. The van der Waals surface area contributed by atoms with Crippen LogP contribution >= 0.6 is 12.6 Å². The number of thiol groups is 1. The van der Waals surface area contributed by atoms with Gasteiger partial charge >= 0.3 is 6.09 Å². The molecule has 2 atom stereocenters. The van der Waals surface area contributed by atoms with Crippen molar-refractivity contribution in [3.05, 3.63) is 0 Å². The average Bonchev–Trinajstić information content (AvgIpc) is 2.13. The van der Waals surface area contributed by atoms with Gasteiger partial charge in [-0.3, -0.25) is 0 Å². The molecule has 0 rings (SSSR count). The summed E-state index contributed by atoms with van der Waals surface area (Å²) in [4.78, 5) is 11.2. The minimum Gasteiger partial charge on any atom is -0.444 e. The van der Waals surface area contributed by atoms with Crippen molar-refractivity contribution in [3.8, 4) is 0 Å². The van der Waals surface area contributed by atoms with E-state index >= 15 is 0 Å². The Morgan fingerprint density at radius 1 is 1.47 bits per heavy atom. The first-order chi connectivity index (χ1) is 7.72. The highest BCUT2D eigenvalue weighted by Gasteiger charge is 2.15. The predicted molar refractivity (Wildman–Crippen MR) is 69.3 cm³/mol. The van der Waals surface area contributed by atoms with Crippen LogP contribution in [0.4, 0.5) is 4.79 Å². The Morgan fingerprint density at radius 3 is 2.53 bits per heavy atom. The van der Waals surface area contributed by atoms with E-state index in [4.69, 9.17) is 9.47 Å². The Balaban J connectivity index is 3.49. The van der Waals surface area contributed by atoms with E-state index in [0.29, 0.717) is 19.6 Å². The first-order valence-corrected chi connectivity index (χ1v) is 6.18. The van der Waals surface area contributed by atoms with Gasteiger partial charge in [0.25, 0.3) is 0 Å². The number of hydrogen-bond acceptors (Lipinski definition) is 5. The van der Waals surface area contributed by atoms with Gasteiger partial charge in [0.1, 0.15) is 5.60 Å². The van der Waals surface area contributed by atoms with Crippen molar-refractivity contribution in [3.63, 3.8) is 0 Å². The fraction of sp³-hybridized carbons (Fsp3) is 0.909. The molecule has 0 saturated heterocycles. The van der Waals surface area contributed by atoms with Gasteiger partial charge in [0, 0.05) is 11.8 Å². The SMILES string of the molecule is CC(S)C(O)OCCCNC(=O)OC(C)(C)C. The Hall–Kier alpha value is -0.460. The predicted octanol–water partition coefficient (Wildman–Crippen LogP) is 1.55. The van der Waals surface area contributed by atoms with Crippen molar-refractivity contribution >= 4 is 18.7 Å². The lowest BCUT2D eigenvalue weighted by molar-refractivity contribution is -0.0960. The Kier molecular flexibility index (Phi) is 7.58. The molecule has 5 nitrogen and oxygen atoms in total. The van der Waals surface area contributed by atoms with E-state index in [1.54, 1.807) is 27.7 Å². The van der Waals surface area contributed by atoms with E-state index in [2.05, 4.69) is 17.9 Å². The van der Waals surface area contributed by atoms with Crippen molar-refractivity contribution in [2.75, 3.05) is 13.2 Å². The third-order valence-corrected chi connectivity index (χ3v) is 1.95. The molecule has 0 aliphatic heterocycles. The summed E-state index contributed by atoms with van der Waals surface area (Å²) >= 11 is 4.03. The number of hydrogen-bond donors (Lipinski definition) is 3. The highest BCUT2D eigenvalue weighted by molar-refractivity contribution is 7.81. The molecule has 0 aliphatic rings. The van der Waals surface area contributed by atoms with Crippen molar-refractivity contribution in [2.24, 2.45) is 0 Å². The molecule has 0 spiro atoms. The minimum absolute atomic E-state index is 0.228. The van der Waals surface area contributed by atoms with E-state index in [-0.39, 0.29) is 5.25 Å². The topological polar surface area (TPSA) is 67.8 Å². The summed E-state index contributed by atoms with van der Waals surface area (Å²) in [6.07, 6.45) is -0.711. The van der Waals surface area contributed by atoms with Crippen LogP contribution in [0.2, 0.25) is 0 Å². The van der Waals surface area contributed by atoms with Gasteiger partial charge in [0.15, 0.2) is 6.29 Å². The van der Waals surface area contributed by atoms with Crippen LogP contribution in [0.25, 0.3) is 0 Å². The third-order valence-electron chi connectivity index (χ3n) is 1.69. The summed E-state index contributed by atoms with van der Waals surface area (Å²) in [5.41, 5.74) is -0.488. The molecule has 1 amide bonds. The zero-order valence-electron chi connectivity index (χ0n) is 10.9. The maximum absolute atomic E-state index is 11.2. The number of aliphatic hydroxyl groups is 1. The van der Waals surface area contributed by atoms with Gasteiger partial charge in [0.2, 0.25) is 0 Å². The maximum atomic E-state index is 11.2. The monoisotopic (exact) mass is 265 g/mol. The highest BCUT2D eigenvalue weighted by Crippen LogP contribution is 2.06. The normalized spacial score (nSPS) is 15.2. The molecule has 0 aromatic carbocycles. The Bertz CT molecular complexity index is 228. The number of aliphatic hydroxyl groups excluding tert-OH is 1. The zero-order valence-corrected chi connectivity index (χ0v) is 11.8. The van der Waals surface area contributed by atoms with Gasteiger partial charge in [-0.25, -0.2) is 4.79 Å². The average molecular weight is 265 g/mol. The fourth-order valence-electron chi connectivity index (χ4n) is 0.920. The smallest absolute Gasteiger partial charge is 0.407 e. The molecule has 0 fully saturated rings. The second kappa shape index (κ2) is 7.79. The second-order valence-corrected chi connectivity index (χ2v) is 5.60. The van der Waals surface area contributed by atoms with Crippen LogP contribution in [0.3, 0.4) is 0 Å². The van der Waals surface area contributed by atoms with Crippen molar-refractivity contribution in [2.45, 2.75) is 51.3 Å². The summed E-state index contributed by atoms with van der Waals surface area (Å²) in [7, 11) is 0. The number of carbonyl (C=O) groups excluding carboxylic acids is 1. The molecule has 0 bridgehead atoms. The largest absolute Gasteiger partial charge is 0.444 e. The standard InChI is InChI=1S/C11H23NO4S/c1-8(17)9(13)15-7-5-6-12-10(14)16-11(2,3)4/h8-9,13,17H,5-7H2,1-4H3,(H,12,14). The van der Waals surface area contributed by atoms with E-state index in [1.807, 2.05) is 0 Å². The zero-order chi connectivity index (χ0) is 13.5. The van der Waals surface area contributed by atoms with Crippen LogP contribution in [-0.4, -0.2) is 41.5 Å². The molecule has 17 heavy (non-hydrogen) atoms. The highest BCUT2D eigenvalue weighted by atomic mass is 32.1. The molecule has 2 N–H and O–H groups in total. The van der Waals surface area contributed by atoms with Gasteiger partial charge in [0.05, 0.1) is 6.61 Å². The van der Waals surface area contributed by atoms with Gasteiger partial charge in [-0.1, -0.05) is 0 Å². The van der Waals surface area contributed by atoms with Crippen LogP contribution in [0.1, 0.15) is 34.1 Å². The Labute approximate surface area is 108 Å². The van der Waals surface area contributed by atoms with Crippen LogP contribution < -0.4 is 5.32 Å². The third kappa shape index (κ3) is 10.4. The van der Waals surface area contributed by atoms with E-state index in [9.17, 15) is 9.90 Å². The molecule has 0 radical (unpaired) electrons. The molecule has 102 valence electrons. The molecule has 0 aromatic heterocycles. The van der Waals surface area contributed by atoms with E-state index < -0.39 is 18.0 Å². The lowest BCUT2D eigenvalue weighted by atomic mass is 10.2. The van der Waals surface area contributed by atoms with E-state index in [1.165, 1.54) is 0 Å². The molecular weight excluding hydrogens is 242 g/mol. The molecule has 2 unspecified atom stereocenters. The fourth-order valence-corrected chi connectivity index (χ4v) is 1.01. The molecule has 0 aliphatic carbocycles. The quantitative estimate of drug-likeness (QED) is 0.387. The van der Waals surface area contributed by atoms with Crippen molar-refractivity contribution in [1.82, 2.24) is 5.32 Å². The number of ether oxygens (including phenoxy) is 2. The summed E-state index contributed by atoms with van der Waals surface area (Å²) in [6.45, 7) is 7.97. The van der Waals surface area contributed by atoms with Crippen LogP contribution in [0.15, 0.2) is 0 Å².